The van der Waals surface area contributed by atoms with Crippen LogP contribution in [0, 0.1) is 0 Å². The van der Waals surface area contributed by atoms with E-state index in [-0.39, 0.29) is 0 Å². The minimum Gasteiger partial charge on any atom is -0.472 e. The molecule has 3 heteroatoms. The highest BCUT2D eigenvalue weighted by molar-refractivity contribution is 6.31. The predicted molar refractivity (Wildman–Crippen MR) is 69.0 cm³/mol. The Morgan fingerprint density at radius 3 is 2.76 bits per heavy atom. The summed E-state index contributed by atoms with van der Waals surface area (Å²) in [7, 11) is 0. The maximum Gasteiger partial charge on any atom is 0.0980 e. The second kappa shape index (κ2) is 4.55. The second-order valence-electron chi connectivity index (χ2n) is 4.47. The first-order valence-electron chi connectivity index (χ1n) is 5.87. The van der Waals surface area contributed by atoms with Crippen molar-refractivity contribution >= 4 is 11.6 Å². The number of rotatable bonds is 4. The molecule has 3 rings (SSSR count). The molecule has 0 radical (unpaired) electrons. The maximum atomic E-state index is 6.28. The topological polar surface area (TPSA) is 25.2 Å². The van der Waals surface area contributed by atoms with Gasteiger partial charge >= 0.3 is 0 Å². The Kier molecular flexibility index (Phi) is 2.91. The van der Waals surface area contributed by atoms with Gasteiger partial charge in [-0.3, -0.25) is 0 Å². The van der Waals surface area contributed by atoms with E-state index in [2.05, 4.69) is 17.4 Å². The normalized spacial score (nSPS) is 15.1. The van der Waals surface area contributed by atoms with Gasteiger partial charge in [0.1, 0.15) is 0 Å². The molecule has 17 heavy (non-hydrogen) atoms. The Labute approximate surface area is 106 Å². The summed E-state index contributed by atoms with van der Waals surface area (Å²) in [4.78, 5) is 0. The zero-order valence-corrected chi connectivity index (χ0v) is 10.2. The summed E-state index contributed by atoms with van der Waals surface area (Å²) in [5, 5.41) is 4.28. The van der Waals surface area contributed by atoms with E-state index < -0.39 is 0 Å². The van der Waals surface area contributed by atoms with Gasteiger partial charge in [0.25, 0.3) is 0 Å². The average Bonchev–Trinajstić information content (AvgIpc) is 3.00. The standard InChI is InChI=1S/C14H14ClNO/c15-14-7-10(12-5-6-17-9-12)1-2-11(14)8-16-13-3-4-13/h1-2,5-7,9,13,16H,3-4,8H2. The Morgan fingerprint density at radius 2 is 2.12 bits per heavy atom. The smallest absolute Gasteiger partial charge is 0.0980 e. The molecule has 88 valence electrons. The molecule has 0 unspecified atom stereocenters. The van der Waals surface area contributed by atoms with Crippen LogP contribution < -0.4 is 5.32 Å². The molecule has 1 N–H and O–H groups in total. The van der Waals surface area contributed by atoms with Crippen molar-refractivity contribution in [2.45, 2.75) is 25.4 Å². The first-order valence-corrected chi connectivity index (χ1v) is 6.25. The molecule has 2 aromatic rings. The number of hydrogen-bond donors (Lipinski definition) is 1. The zero-order chi connectivity index (χ0) is 11.7. The first-order chi connectivity index (χ1) is 8.33. The van der Waals surface area contributed by atoms with Crippen molar-refractivity contribution in [3.8, 4) is 11.1 Å². The lowest BCUT2D eigenvalue weighted by Crippen LogP contribution is -2.15. The highest BCUT2D eigenvalue weighted by Gasteiger charge is 2.20. The monoisotopic (exact) mass is 247 g/mol. The van der Waals surface area contributed by atoms with Gasteiger partial charge in [0.2, 0.25) is 0 Å². The van der Waals surface area contributed by atoms with Crippen molar-refractivity contribution in [3.05, 3.63) is 47.4 Å². The van der Waals surface area contributed by atoms with Crippen LogP contribution in [-0.2, 0) is 6.54 Å². The lowest BCUT2D eigenvalue weighted by Gasteiger charge is -2.07. The lowest BCUT2D eigenvalue weighted by atomic mass is 10.1. The predicted octanol–water partition coefficient (Wildman–Crippen LogP) is 3.85. The van der Waals surface area contributed by atoms with Crippen molar-refractivity contribution in [3.63, 3.8) is 0 Å². The van der Waals surface area contributed by atoms with Crippen molar-refractivity contribution in [2.75, 3.05) is 0 Å². The van der Waals surface area contributed by atoms with E-state index in [0.717, 1.165) is 28.3 Å². The van der Waals surface area contributed by atoms with Gasteiger partial charge in [-0.25, -0.2) is 0 Å². The minimum absolute atomic E-state index is 0.708. The van der Waals surface area contributed by atoms with Gasteiger partial charge in [0.05, 0.1) is 12.5 Å². The Bertz CT molecular complexity index is 503. The third-order valence-corrected chi connectivity index (χ3v) is 3.42. The van der Waals surface area contributed by atoms with Crippen molar-refractivity contribution in [1.29, 1.82) is 0 Å². The van der Waals surface area contributed by atoms with Gasteiger partial charge in [-0.2, -0.15) is 0 Å². The Morgan fingerprint density at radius 1 is 1.24 bits per heavy atom. The van der Waals surface area contributed by atoms with Crippen LogP contribution in [0.2, 0.25) is 5.02 Å². The van der Waals surface area contributed by atoms with Gasteiger partial charge < -0.3 is 9.73 Å². The van der Waals surface area contributed by atoms with E-state index in [1.807, 2.05) is 12.1 Å². The molecule has 1 fully saturated rings. The van der Waals surface area contributed by atoms with Crippen molar-refractivity contribution in [1.82, 2.24) is 5.32 Å². The van der Waals surface area contributed by atoms with Gasteiger partial charge in [0, 0.05) is 23.2 Å². The number of furan rings is 1. The molecule has 1 heterocycles. The van der Waals surface area contributed by atoms with Crippen LogP contribution >= 0.6 is 11.6 Å². The molecule has 1 saturated carbocycles. The highest BCUT2D eigenvalue weighted by Crippen LogP contribution is 2.27. The molecule has 1 aromatic heterocycles. The summed E-state index contributed by atoms with van der Waals surface area (Å²) in [6, 6.07) is 8.81. The summed E-state index contributed by atoms with van der Waals surface area (Å²) in [6.45, 7) is 0.856. The quantitative estimate of drug-likeness (QED) is 0.888. The molecule has 0 spiro atoms. The fraction of sp³-hybridized carbons (Fsp3) is 0.286. The van der Waals surface area contributed by atoms with E-state index in [9.17, 15) is 0 Å². The molecule has 1 aromatic carbocycles. The third-order valence-electron chi connectivity index (χ3n) is 3.07. The molecule has 1 aliphatic rings. The summed E-state index contributed by atoms with van der Waals surface area (Å²) in [5.74, 6) is 0. The van der Waals surface area contributed by atoms with E-state index in [1.54, 1.807) is 12.5 Å². The molecule has 1 aliphatic carbocycles. The van der Waals surface area contributed by atoms with Crippen LogP contribution in [0.5, 0.6) is 0 Å². The third kappa shape index (κ3) is 2.54. The Balaban J connectivity index is 1.78. The number of benzene rings is 1. The van der Waals surface area contributed by atoms with E-state index in [0.29, 0.717) is 6.04 Å². The maximum absolute atomic E-state index is 6.28. The van der Waals surface area contributed by atoms with E-state index >= 15 is 0 Å². The van der Waals surface area contributed by atoms with Crippen LogP contribution in [0.1, 0.15) is 18.4 Å². The van der Waals surface area contributed by atoms with Gasteiger partial charge in [-0.1, -0.05) is 23.7 Å². The van der Waals surface area contributed by atoms with Gasteiger partial charge in [-0.15, -0.1) is 0 Å². The van der Waals surface area contributed by atoms with Crippen LogP contribution in [0.25, 0.3) is 11.1 Å². The summed E-state index contributed by atoms with van der Waals surface area (Å²) >= 11 is 6.28. The average molecular weight is 248 g/mol. The first kappa shape index (κ1) is 10.9. The fourth-order valence-corrected chi connectivity index (χ4v) is 2.09. The Hall–Kier alpha value is -1.25. The molecule has 2 nitrogen and oxygen atoms in total. The molecule has 0 aliphatic heterocycles. The molecule has 0 saturated heterocycles. The highest BCUT2D eigenvalue weighted by atomic mass is 35.5. The fourth-order valence-electron chi connectivity index (χ4n) is 1.84. The lowest BCUT2D eigenvalue weighted by molar-refractivity contribution is 0.568. The van der Waals surface area contributed by atoms with Crippen molar-refractivity contribution < 1.29 is 4.42 Å². The van der Waals surface area contributed by atoms with E-state index in [4.69, 9.17) is 16.0 Å². The minimum atomic E-state index is 0.708. The summed E-state index contributed by atoms with van der Waals surface area (Å²) in [5.41, 5.74) is 3.32. The van der Waals surface area contributed by atoms with Crippen molar-refractivity contribution in [2.24, 2.45) is 0 Å². The summed E-state index contributed by atoms with van der Waals surface area (Å²) < 4.78 is 5.07. The summed E-state index contributed by atoms with van der Waals surface area (Å²) in [6.07, 6.45) is 6.00. The number of nitrogens with one attached hydrogen (secondary N) is 1. The van der Waals surface area contributed by atoms with Gasteiger partial charge in [-0.05, 0) is 36.1 Å². The SMILES string of the molecule is Clc1cc(-c2ccoc2)ccc1CNC1CC1. The largest absolute Gasteiger partial charge is 0.472 e. The molecule has 0 amide bonds. The zero-order valence-electron chi connectivity index (χ0n) is 9.45. The van der Waals surface area contributed by atoms with Crippen LogP contribution in [0.3, 0.4) is 0 Å². The van der Waals surface area contributed by atoms with Crippen LogP contribution in [0.4, 0.5) is 0 Å². The van der Waals surface area contributed by atoms with Crippen LogP contribution in [-0.4, -0.2) is 6.04 Å². The number of hydrogen-bond acceptors (Lipinski definition) is 2. The van der Waals surface area contributed by atoms with E-state index in [1.165, 1.54) is 12.8 Å². The number of halogens is 1. The molecular formula is C14H14ClNO. The molecule has 0 atom stereocenters. The second-order valence-corrected chi connectivity index (χ2v) is 4.88. The van der Waals surface area contributed by atoms with Gasteiger partial charge in [0.15, 0.2) is 0 Å². The molecular weight excluding hydrogens is 234 g/mol. The van der Waals surface area contributed by atoms with Crippen LogP contribution in [0.15, 0.2) is 41.2 Å². The molecule has 0 bridgehead atoms.